The van der Waals surface area contributed by atoms with Gasteiger partial charge in [0.15, 0.2) is 0 Å². The second kappa shape index (κ2) is 4.38. The van der Waals surface area contributed by atoms with Crippen molar-refractivity contribution in [3.05, 3.63) is 35.7 Å². The minimum Gasteiger partial charge on any atom is -0.310 e. The molecule has 0 saturated heterocycles. The van der Waals surface area contributed by atoms with E-state index in [0.29, 0.717) is 0 Å². The zero-order valence-corrected chi connectivity index (χ0v) is 8.53. The Kier molecular flexibility index (Phi) is 2.94. The van der Waals surface area contributed by atoms with Gasteiger partial charge in [0.1, 0.15) is 0 Å². The van der Waals surface area contributed by atoms with Crippen LogP contribution in [0.2, 0.25) is 0 Å². The molecule has 0 radical (unpaired) electrons. The van der Waals surface area contributed by atoms with Gasteiger partial charge in [0.2, 0.25) is 0 Å². The van der Waals surface area contributed by atoms with Gasteiger partial charge >= 0.3 is 0 Å². The van der Waals surface area contributed by atoms with Crippen molar-refractivity contribution in [2.45, 2.75) is 25.8 Å². The fraction of sp³-hybridized carbons (Fsp3) is 0.417. The number of nitrogens with one attached hydrogen (secondary N) is 1. The van der Waals surface area contributed by atoms with Crippen molar-refractivity contribution in [2.75, 3.05) is 6.54 Å². The SMILES string of the molecule is CC(=Cc1ccccn1)CNC1CC1. The van der Waals surface area contributed by atoms with Gasteiger partial charge in [-0.15, -0.1) is 0 Å². The molecule has 2 rings (SSSR count). The highest BCUT2D eigenvalue weighted by Crippen LogP contribution is 2.18. The first-order chi connectivity index (χ1) is 6.84. The molecular formula is C12H16N2. The largest absolute Gasteiger partial charge is 0.310 e. The zero-order chi connectivity index (χ0) is 9.80. The van der Waals surface area contributed by atoms with Gasteiger partial charge in [0.25, 0.3) is 0 Å². The Labute approximate surface area is 85.1 Å². The molecule has 0 amide bonds. The van der Waals surface area contributed by atoms with Crippen LogP contribution >= 0.6 is 0 Å². The molecule has 1 aliphatic rings. The number of nitrogens with zero attached hydrogens (tertiary/aromatic N) is 1. The average molecular weight is 188 g/mol. The zero-order valence-electron chi connectivity index (χ0n) is 8.53. The summed E-state index contributed by atoms with van der Waals surface area (Å²) in [6.45, 7) is 3.13. The highest BCUT2D eigenvalue weighted by molar-refractivity contribution is 5.48. The fourth-order valence-corrected chi connectivity index (χ4v) is 1.36. The van der Waals surface area contributed by atoms with Crippen molar-refractivity contribution >= 4 is 6.08 Å². The lowest BCUT2D eigenvalue weighted by Gasteiger charge is -2.02. The lowest BCUT2D eigenvalue weighted by Crippen LogP contribution is -2.18. The van der Waals surface area contributed by atoms with E-state index >= 15 is 0 Å². The summed E-state index contributed by atoms with van der Waals surface area (Å²) in [5.74, 6) is 0. The van der Waals surface area contributed by atoms with E-state index in [2.05, 4.69) is 23.3 Å². The molecule has 74 valence electrons. The van der Waals surface area contributed by atoms with Crippen molar-refractivity contribution in [1.29, 1.82) is 0 Å². The first kappa shape index (κ1) is 9.41. The van der Waals surface area contributed by atoms with Gasteiger partial charge in [0, 0.05) is 18.8 Å². The van der Waals surface area contributed by atoms with Crippen molar-refractivity contribution in [3.8, 4) is 0 Å². The summed E-state index contributed by atoms with van der Waals surface area (Å²) in [6.07, 6.45) is 6.65. The van der Waals surface area contributed by atoms with Crippen molar-refractivity contribution in [3.63, 3.8) is 0 Å². The maximum Gasteiger partial charge on any atom is 0.0629 e. The molecule has 1 fully saturated rings. The second-order valence-electron chi connectivity index (χ2n) is 3.90. The third-order valence-electron chi connectivity index (χ3n) is 2.33. The maximum atomic E-state index is 4.26. The lowest BCUT2D eigenvalue weighted by molar-refractivity contribution is 0.735. The second-order valence-corrected chi connectivity index (χ2v) is 3.90. The summed E-state index contributed by atoms with van der Waals surface area (Å²) in [5.41, 5.74) is 2.39. The monoisotopic (exact) mass is 188 g/mol. The summed E-state index contributed by atoms with van der Waals surface area (Å²) in [7, 11) is 0. The molecule has 0 bridgehead atoms. The highest BCUT2D eigenvalue weighted by Gasteiger charge is 2.19. The number of rotatable bonds is 4. The quantitative estimate of drug-likeness (QED) is 0.783. The van der Waals surface area contributed by atoms with Crippen LogP contribution in [0.3, 0.4) is 0 Å². The van der Waals surface area contributed by atoms with E-state index in [4.69, 9.17) is 0 Å². The van der Waals surface area contributed by atoms with Gasteiger partial charge in [-0.1, -0.05) is 11.6 Å². The minimum absolute atomic E-state index is 0.780. The Morgan fingerprint density at radius 3 is 3.07 bits per heavy atom. The minimum atomic E-state index is 0.780. The molecule has 1 N–H and O–H groups in total. The normalized spacial score (nSPS) is 17.1. The molecule has 0 aromatic carbocycles. The van der Waals surface area contributed by atoms with Crippen LogP contribution in [-0.2, 0) is 0 Å². The third-order valence-corrected chi connectivity index (χ3v) is 2.33. The molecule has 0 spiro atoms. The van der Waals surface area contributed by atoms with Crippen LogP contribution in [0, 0.1) is 0 Å². The summed E-state index contributed by atoms with van der Waals surface area (Å²) < 4.78 is 0. The number of aromatic nitrogens is 1. The molecule has 14 heavy (non-hydrogen) atoms. The van der Waals surface area contributed by atoms with Crippen LogP contribution in [0.1, 0.15) is 25.5 Å². The molecule has 0 unspecified atom stereocenters. The lowest BCUT2D eigenvalue weighted by atomic mass is 10.2. The van der Waals surface area contributed by atoms with Gasteiger partial charge in [0.05, 0.1) is 5.69 Å². The Balaban J connectivity index is 1.88. The van der Waals surface area contributed by atoms with E-state index in [1.54, 1.807) is 0 Å². The Morgan fingerprint density at radius 2 is 2.43 bits per heavy atom. The van der Waals surface area contributed by atoms with E-state index in [9.17, 15) is 0 Å². The predicted molar refractivity (Wildman–Crippen MR) is 58.9 cm³/mol. The molecule has 1 saturated carbocycles. The topological polar surface area (TPSA) is 24.9 Å². The summed E-state index contributed by atoms with van der Waals surface area (Å²) in [5, 5.41) is 3.48. The van der Waals surface area contributed by atoms with Gasteiger partial charge in [-0.2, -0.15) is 0 Å². The van der Waals surface area contributed by atoms with E-state index in [0.717, 1.165) is 18.3 Å². The van der Waals surface area contributed by atoms with Crippen LogP contribution in [0.4, 0.5) is 0 Å². The number of hydrogen-bond acceptors (Lipinski definition) is 2. The van der Waals surface area contributed by atoms with Crippen LogP contribution in [0.25, 0.3) is 6.08 Å². The molecule has 1 heterocycles. The van der Waals surface area contributed by atoms with Crippen molar-refractivity contribution < 1.29 is 0 Å². The van der Waals surface area contributed by atoms with Crippen LogP contribution in [-0.4, -0.2) is 17.6 Å². The molecule has 2 nitrogen and oxygen atoms in total. The van der Waals surface area contributed by atoms with Crippen molar-refractivity contribution in [2.24, 2.45) is 0 Å². The van der Waals surface area contributed by atoms with E-state index < -0.39 is 0 Å². The number of hydrogen-bond donors (Lipinski definition) is 1. The Hall–Kier alpha value is -1.15. The standard InChI is InChI=1S/C12H16N2/c1-10(9-14-11-5-6-11)8-12-4-2-3-7-13-12/h2-4,7-8,11,14H,5-6,9H2,1H3. The molecule has 0 aliphatic heterocycles. The van der Waals surface area contributed by atoms with E-state index in [1.165, 1.54) is 18.4 Å². The van der Waals surface area contributed by atoms with Crippen LogP contribution in [0.5, 0.6) is 0 Å². The summed E-state index contributed by atoms with van der Waals surface area (Å²) in [4.78, 5) is 4.26. The van der Waals surface area contributed by atoms with E-state index in [1.807, 2.05) is 24.4 Å². The molecule has 2 heteroatoms. The number of pyridine rings is 1. The van der Waals surface area contributed by atoms with Crippen LogP contribution in [0.15, 0.2) is 30.0 Å². The van der Waals surface area contributed by atoms with Gasteiger partial charge < -0.3 is 5.32 Å². The smallest absolute Gasteiger partial charge is 0.0629 e. The molecule has 0 atom stereocenters. The van der Waals surface area contributed by atoms with Crippen LogP contribution < -0.4 is 5.32 Å². The molecule has 1 aromatic rings. The average Bonchev–Trinajstić information content (AvgIpc) is 3.00. The highest BCUT2D eigenvalue weighted by atomic mass is 14.9. The first-order valence-electron chi connectivity index (χ1n) is 5.16. The Morgan fingerprint density at radius 1 is 1.57 bits per heavy atom. The van der Waals surface area contributed by atoms with Gasteiger partial charge in [-0.3, -0.25) is 4.98 Å². The van der Waals surface area contributed by atoms with Gasteiger partial charge in [-0.05, 0) is 38.0 Å². The summed E-state index contributed by atoms with van der Waals surface area (Å²) in [6, 6.07) is 6.76. The summed E-state index contributed by atoms with van der Waals surface area (Å²) >= 11 is 0. The third kappa shape index (κ3) is 2.96. The van der Waals surface area contributed by atoms with Gasteiger partial charge in [-0.25, -0.2) is 0 Å². The van der Waals surface area contributed by atoms with E-state index in [-0.39, 0.29) is 0 Å². The predicted octanol–water partition coefficient (Wildman–Crippen LogP) is 2.24. The fourth-order valence-electron chi connectivity index (χ4n) is 1.36. The molecule has 1 aromatic heterocycles. The van der Waals surface area contributed by atoms with Crippen molar-refractivity contribution in [1.82, 2.24) is 10.3 Å². The molecule has 1 aliphatic carbocycles. The first-order valence-corrected chi connectivity index (χ1v) is 5.16. The maximum absolute atomic E-state index is 4.26. The Bertz CT molecular complexity index is 312. The molecular weight excluding hydrogens is 172 g/mol.